The largest absolute Gasteiger partial charge is 0.497 e. The second kappa shape index (κ2) is 7.93. The van der Waals surface area contributed by atoms with Crippen molar-refractivity contribution in [3.63, 3.8) is 0 Å². The predicted molar refractivity (Wildman–Crippen MR) is 132 cm³/mol. The van der Waals surface area contributed by atoms with E-state index < -0.39 is 0 Å². The summed E-state index contributed by atoms with van der Waals surface area (Å²) in [5.41, 5.74) is 1.84. The highest BCUT2D eigenvalue weighted by atomic mass is 16.7. The highest BCUT2D eigenvalue weighted by molar-refractivity contribution is 5.32. The van der Waals surface area contributed by atoms with Gasteiger partial charge in [-0.3, -0.25) is 0 Å². The van der Waals surface area contributed by atoms with E-state index in [1.54, 1.807) is 7.11 Å². The fraction of sp³-hybridized carbons (Fsp3) is 0.800. The van der Waals surface area contributed by atoms with Gasteiger partial charge in [0, 0.05) is 24.7 Å². The maximum atomic E-state index is 6.49. The number of rotatable bonds is 2. The summed E-state index contributed by atoms with van der Waals surface area (Å²) in [5, 5.41) is 0. The van der Waals surface area contributed by atoms with Crippen molar-refractivity contribution in [3.05, 3.63) is 29.8 Å². The SMILES string of the molecule is COc1ccc(C2CC3(C)C(CCC34OCCO4)C3CCC4CC5(CCC4(C)C23)OCCO5)cc1. The van der Waals surface area contributed by atoms with E-state index in [1.807, 2.05) is 0 Å². The first-order chi connectivity index (χ1) is 16.9. The Hall–Kier alpha value is -1.14. The van der Waals surface area contributed by atoms with Crippen LogP contribution in [0.3, 0.4) is 0 Å². The van der Waals surface area contributed by atoms with Crippen molar-refractivity contribution < 1.29 is 23.7 Å². The second-order valence-electron chi connectivity index (χ2n) is 12.9. The first kappa shape index (κ1) is 23.0. The minimum Gasteiger partial charge on any atom is -0.497 e. The molecule has 0 radical (unpaired) electrons. The van der Waals surface area contributed by atoms with Gasteiger partial charge in [0.1, 0.15) is 5.75 Å². The van der Waals surface area contributed by atoms with Gasteiger partial charge in [0.2, 0.25) is 0 Å². The topological polar surface area (TPSA) is 46.2 Å². The van der Waals surface area contributed by atoms with E-state index in [2.05, 4.69) is 38.1 Å². The molecule has 1 aromatic rings. The summed E-state index contributed by atoms with van der Waals surface area (Å²) < 4.78 is 31.0. The fourth-order valence-corrected chi connectivity index (χ4v) is 10.2. The molecular weight excluding hydrogens is 440 g/mol. The van der Waals surface area contributed by atoms with Gasteiger partial charge in [-0.1, -0.05) is 26.0 Å². The van der Waals surface area contributed by atoms with Crippen LogP contribution in [0.25, 0.3) is 0 Å². The second-order valence-corrected chi connectivity index (χ2v) is 12.9. The minimum atomic E-state index is -0.382. The van der Waals surface area contributed by atoms with Gasteiger partial charge in [0.25, 0.3) is 0 Å². The van der Waals surface area contributed by atoms with E-state index in [9.17, 15) is 0 Å². The molecule has 2 saturated heterocycles. The molecule has 2 aliphatic heterocycles. The Kier molecular flexibility index (Phi) is 5.21. The zero-order valence-corrected chi connectivity index (χ0v) is 21.7. The fourth-order valence-electron chi connectivity index (χ4n) is 10.2. The Morgan fingerprint density at radius 1 is 0.800 bits per heavy atom. The van der Waals surface area contributed by atoms with Crippen LogP contribution in [-0.4, -0.2) is 45.1 Å². The van der Waals surface area contributed by atoms with E-state index in [-0.39, 0.29) is 17.0 Å². The summed E-state index contributed by atoms with van der Waals surface area (Å²) in [4.78, 5) is 0. The number of hydrogen-bond acceptors (Lipinski definition) is 5. The molecule has 0 aromatic heterocycles. The van der Waals surface area contributed by atoms with E-state index >= 15 is 0 Å². The molecule has 7 atom stereocenters. The summed E-state index contributed by atoms with van der Waals surface area (Å²) in [6.07, 6.45) is 9.35. The molecule has 5 heteroatoms. The predicted octanol–water partition coefficient (Wildman–Crippen LogP) is 5.92. The van der Waals surface area contributed by atoms with E-state index in [0.29, 0.717) is 35.0 Å². The van der Waals surface area contributed by atoms with E-state index in [1.165, 1.54) is 31.2 Å². The van der Waals surface area contributed by atoms with Crippen LogP contribution in [0.15, 0.2) is 24.3 Å². The van der Waals surface area contributed by atoms with Crippen molar-refractivity contribution in [2.75, 3.05) is 33.5 Å². The van der Waals surface area contributed by atoms with Crippen molar-refractivity contribution in [2.24, 2.45) is 34.5 Å². The van der Waals surface area contributed by atoms with Gasteiger partial charge in [-0.05, 0) is 84.8 Å². The third-order valence-corrected chi connectivity index (χ3v) is 11.8. The molecule has 35 heavy (non-hydrogen) atoms. The van der Waals surface area contributed by atoms with E-state index in [4.69, 9.17) is 23.7 Å². The molecule has 0 amide bonds. The number of fused-ring (bicyclic) bond motifs is 6. The van der Waals surface area contributed by atoms with Gasteiger partial charge in [0.15, 0.2) is 11.6 Å². The van der Waals surface area contributed by atoms with Gasteiger partial charge < -0.3 is 23.7 Å². The van der Waals surface area contributed by atoms with Crippen molar-refractivity contribution in [1.29, 1.82) is 0 Å². The summed E-state index contributed by atoms with van der Waals surface area (Å²) in [6.45, 7) is 8.13. The lowest BCUT2D eigenvalue weighted by molar-refractivity contribution is -0.261. The smallest absolute Gasteiger partial charge is 0.174 e. The van der Waals surface area contributed by atoms with Crippen molar-refractivity contribution in [1.82, 2.24) is 0 Å². The quantitative estimate of drug-likeness (QED) is 0.524. The van der Waals surface area contributed by atoms with Crippen LogP contribution in [-0.2, 0) is 18.9 Å². The summed E-state index contributed by atoms with van der Waals surface area (Å²) >= 11 is 0. The maximum Gasteiger partial charge on any atom is 0.174 e. The highest BCUT2D eigenvalue weighted by Gasteiger charge is 2.70. The summed E-state index contributed by atoms with van der Waals surface area (Å²) in [7, 11) is 1.76. The Morgan fingerprint density at radius 2 is 1.51 bits per heavy atom. The standard InChI is InChI=1S/C30H42O5/c1-27-12-13-29(32-14-15-33-29)18-21(27)6-9-23-25-10-11-30(34-16-17-35-30)28(25,2)19-24(26(23)27)20-4-7-22(31-3)8-5-20/h4-5,7-8,21,23-26H,6,9-19H2,1-3H3. The first-order valence-electron chi connectivity index (χ1n) is 14.1. The lowest BCUT2D eigenvalue weighted by atomic mass is 9.41. The Balaban J connectivity index is 1.30. The zero-order chi connectivity index (χ0) is 23.9. The third kappa shape index (κ3) is 3.14. The molecule has 0 N–H and O–H groups in total. The van der Waals surface area contributed by atoms with Gasteiger partial charge in [-0.15, -0.1) is 0 Å². The normalized spacial score (nSPS) is 45.3. The van der Waals surface area contributed by atoms with Crippen LogP contribution in [0.2, 0.25) is 0 Å². The van der Waals surface area contributed by atoms with Gasteiger partial charge in [-0.2, -0.15) is 0 Å². The lowest BCUT2D eigenvalue weighted by Gasteiger charge is -2.64. The summed E-state index contributed by atoms with van der Waals surface area (Å²) in [6, 6.07) is 8.99. The van der Waals surface area contributed by atoms with Gasteiger partial charge in [0.05, 0.1) is 33.5 Å². The van der Waals surface area contributed by atoms with Gasteiger partial charge in [-0.25, -0.2) is 0 Å². The molecule has 1 aromatic carbocycles. The zero-order valence-electron chi connectivity index (χ0n) is 21.7. The molecule has 7 unspecified atom stereocenters. The van der Waals surface area contributed by atoms with E-state index in [0.717, 1.165) is 57.9 Å². The van der Waals surface area contributed by atoms with Crippen molar-refractivity contribution in [2.45, 2.75) is 82.7 Å². The maximum absolute atomic E-state index is 6.49. The first-order valence-corrected chi connectivity index (χ1v) is 14.1. The molecule has 6 fully saturated rings. The van der Waals surface area contributed by atoms with Crippen LogP contribution < -0.4 is 4.74 Å². The molecule has 4 aliphatic carbocycles. The van der Waals surface area contributed by atoms with Gasteiger partial charge >= 0.3 is 0 Å². The molecule has 4 saturated carbocycles. The van der Waals surface area contributed by atoms with Crippen molar-refractivity contribution >= 4 is 0 Å². The van der Waals surface area contributed by atoms with Crippen LogP contribution in [0.5, 0.6) is 5.75 Å². The molecule has 2 heterocycles. The van der Waals surface area contributed by atoms with Crippen LogP contribution in [0.1, 0.15) is 76.7 Å². The average Bonchev–Trinajstić information content (AvgIpc) is 3.60. The van der Waals surface area contributed by atoms with Crippen LogP contribution in [0, 0.1) is 34.5 Å². The Bertz CT molecular complexity index is 948. The molecule has 5 nitrogen and oxygen atoms in total. The molecular formula is C30H42O5. The number of benzene rings is 1. The lowest BCUT2D eigenvalue weighted by Crippen LogP contribution is -2.60. The molecule has 0 bridgehead atoms. The number of methoxy groups -OCH3 is 1. The number of ether oxygens (including phenoxy) is 5. The van der Waals surface area contributed by atoms with Crippen LogP contribution >= 0.6 is 0 Å². The Labute approximate surface area is 210 Å². The highest BCUT2D eigenvalue weighted by Crippen LogP contribution is 2.73. The minimum absolute atomic E-state index is 0.0615. The molecule has 2 spiro atoms. The molecule has 7 rings (SSSR count). The summed E-state index contributed by atoms with van der Waals surface area (Å²) in [5.74, 6) is 3.47. The van der Waals surface area contributed by atoms with Crippen molar-refractivity contribution in [3.8, 4) is 5.75 Å². The Morgan fingerprint density at radius 3 is 2.23 bits per heavy atom. The number of hydrogen-bond donors (Lipinski definition) is 0. The van der Waals surface area contributed by atoms with Crippen LogP contribution in [0.4, 0.5) is 0 Å². The average molecular weight is 483 g/mol. The monoisotopic (exact) mass is 482 g/mol. The third-order valence-electron chi connectivity index (χ3n) is 11.8. The molecule has 192 valence electrons. The molecule has 6 aliphatic rings.